The molecule has 28 heavy (non-hydrogen) atoms. The Balaban J connectivity index is 2.04. The fraction of sp³-hybridized carbons (Fsp3) is 0.238. The highest BCUT2D eigenvalue weighted by atomic mass is 19.4. The number of alkyl halides is 3. The topological polar surface area (TPSA) is 48.3 Å². The number of carbonyl (C=O) groups excluding carboxylic acids is 2. The van der Waals surface area contributed by atoms with Crippen molar-refractivity contribution in [2.24, 2.45) is 0 Å². The first kappa shape index (κ1) is 19.7. The molecule has 1 aromatic heterocycles. The summed E-state index contributed by atoms with van der Waals surface area (Å²) in [4.78, 5) is 24.2. The Morgan fingerprint density at radius 2 is 1.64 bits per heavy atom. The van der Waals surface area contributed by atoms with Gasteiger partial charge in [0.05, 0.1) is 17.7 Å². The fourth-order valence-corrected chi connectivity index (χ4v) is 3.07. The molecule has 0 saturated carbocycles. The number of ether oxygens (including phenoxy) is 1. The molecule has 0 aliphatic heterocycles. The van der Waals surface area contributed by atoms with Crippen molar-refractivity contribution >= 4 is 22.7 Å². The van der Waals surface area contributed by atoms with Gasteiger partial charge in [-0.25, -0.2) is 4.79 Å². The summed E-state index contributed by atoms with van der Waals surface area (Å²) in [6.07, 6.45) is -2.79. The van der Waals surface area contributed by atoms with Crippen molar-refractivity contribution < 1.29 is 27.5 Å². The Morgan fingerprint density at radius 3 is 2.21 bits per heavy atom. The largest absolute Gasteiger partial charge is 0.460 e. The number of rotatable bonds is 5. The van der Waals surface area contributed by atoms with E-state index in [4.69, 9.17) is 4.74 Å². The van der Waals surface area contributed by atoms with Crippen LogP contribution in [0, 0.1) is 0 Å². The van der Waals surface area contributed by atoms with Crippen LogP contribution < -0.4 is 0 Å². The van der Waals surface area contributed by atoms with Crippen molar-refractivity contribution in [1.82, 2.24) is 4.57 Å². The quantitative estimate of drug-likeness (QED) is 0.347. The lowest BCUT2D eigenvalue weighted by atomic mass is 10.0. The second-order valence-electron chi connectivity index (χ2n) is 6.19. The van der Waals surface area contributed by atoms with Crippen LogP contribution in [0.4, 0.5) is 13.2 Å². The van der Waals surface area contributed by atoms with E-state index in [-0.39, 0.29) is 12.2 Å². The van der Waals surface area contributed by atoms with E-state index < -0.39 is 23.5 Å². The van der Waals surface area contributed by atoms with Gasteiger partial charge in [0.15, 0.2) is 0 Å². The Hall–Kier alpha value is -3.09. The van der Waals surface area contributed by atoms with Crippen molar-refractivity contribution in [1.29, 1.82) is 0 Å². The number of aromatic nitrogens is 1. The smallest absolute Gasteiger partial charge is 0.416 e. The molecule has 4 nitrogen and oxygen atoms in total. The fourth-order valence-electron chi connectivity index (χ4n) is 3.07. The zero-order valence-corrected chi connectivity index (χ0v) is 15.3. The number of halogens is 3. The summed E-state index contributed by atoms with van der Waals surface area (Å²) >= 11 is 0. The van der Waals surface area contributed by atoms with Gasteiger partial charge >= 0.3 is 12.1 Å². The second-order valence-corrected chi connectivity index (χ2v) is 6.19. The van der Waals surface area contributed by atoms with Crippen LogP contribution in [0.15, 0.2) is 48.7 Å². The number of aryl methyl sites for hydroxylation is 1. The minimum atomic E-state index is -4.39. The lowest BCUT2D eigenvalue weighted by Gasteiger charge is -2.09. The number of fused-ring (bicyclic) bond motifs is 1. The zero-order valence-electron chi connectivity index (χ0n) is 15.3. The molecule has 0 fully saturated rings. The minimum absolute atomic E-state index is 0.106. The lowest BCUT2D eigenvalue weighted by Crippen LogP contribution is -2.17. The highest BCUT2D eigenvalue weighted by molar-refractivity contribution is 6.43. The summed E-state index contributed by atoms with van der Waals surface area (Å²) < 4.78 is 44.9. The van der Waals surface area contributed by atoms with E-state index in [2.05, 4.69) is 0 Å². The van der Waals surface area contributed by atoms with E-state index in [1.54, 1.807) is 31.3 Å². The third-order valence-electron chi connectivity index (χ3n) is 4.47. The van der Waals surface area contributed by atoms with E-state index in [9.17, 15) is 22.8 Å². The summed E-state index contributed by atoms with van der Waals surface area (Å²) in [6.45, 7) is 4.18. The number of benzene rings is 2. The van der Waals surface area contributed by atoms with Crippen LogP contribution in [-0.2, 0) is 22.3 Å². The van der Waals surface area contributed by atoms with Gasteiger partial charge in [-0.3, -0.25) is 4.79 Å². The minimum Gasteiger partial charge on any atom is -0.460 e. The maximum Gasteiger partial charge on any atom is 0.416 e. The molecule has 0 unspecified atom stereocenters. The third kappa shape index (κ3) is 3.65. The molecule has 0 aliphatic carbocycles. The summed E-state index contributed by atoms with van der Waals surface area (Å²) in [7, 11) is 0. The normalized spacial score (nSPS) is 11.6. The summed E-state index contributed by atoms with van der Waals surface area (Å²) in [6, 6.07) is 10.1. The number of ketones is 1. The molecule has 1 heterocycles. The first-order valence-corrected chi connectivity index (χ1v) is 8.78. The van der Waals surface area contributed by atoms with Gasteiger partial charge in [0.1, 0.15) is 0 Å². The van der Waals surface area contributed by atoms with Gasteiger partial charge in [0, 0.05) is 23.6 Å². The van der Waals surface area contributed by atoms with E-state index >= 15 is 0 Å². The average molecular weight is 389 g/mol. The maximum absolute atomic E-state index is 12.8. The predicted octanol–water partition coefficient (Wildman–Crippen LogP) is 5.09. The number of carbonyl (C=O) groups is 2. The first-order chi connectivity index (χ1) is 13.3. The zero-order chi connectivity index (χ0) is 20.5. The molecule has 146 valence electrons. The molecule has 0 atom stereocenters. The van der Waals surface area contributed by atoms with Gasteiger partial charge in [0.2, 0.25) is 0 Å². The highest BCUT2D eigenvalue weighted by Crippen LogP contribution is 2.32. The van der Waals surface area contributed by atoms with Gasteiger partial charge in [-0.1, -0.05) is 24.3 Å². The molecule has 3 aromatic rings. The van der Waals surface area contributed by atoms with Crippen molar-refractivity contribution in [3.05, 3.63) is 59.8 Å². The molecule has 0 aliphatic rings. The van der Waals surface area contributed by atoms with Crippen molar-refractivity contribution in [3.8, 4) is 11.1 Å². The molecule has 0 spiro atoms. The van der Waals surface area contributed by atoms with Crippen LogP contribution >= 0.6 is 0 Å². The van der Waals surface area contributed by atoms with Gasteiger partial charge in [0.25, 0.3) is 5.78 Å². The summed E-state index contributed by atoms with van der Waals surface area (Å²) in [5.74, 6) is -1.63. The molecule has 7 heteroatoms. The lowest BCUT2D eigenvalue weighted by molar-refractivity contribution is -0.138. The second kappa shape index (κ2) is 7.50. The number of Topliss-reactive ketones (excluding diaryl/α,β-unsaturated/α-hetero) is 1. The van der Waals surface area contributed by atoms with Crippen LogP contribution in [-0.4, -0.2) is 22.9 Å². The van der Waals surface area contributed by atoms with Crippen molar-refractivity contribution in [3.63, 3.8) is 0 Å². The van der Waals surface area contributed by atoms with Crippen molar-refractivity contribution in [2.45, 2.75) is 26.6 Å². The maximum atomic E-state index is 12.8. The molecule has 0 amide bonds. The Labute approximate surface area is 159 Å². The van der Waals surface area contributed by atoms with E-state index in [1.165, 1.54) is 12.1 Å². The van der Waals surface area contributed by atoms with Gasteiger partial charge in [-0.2, -0.15) is 13.2 Å². The summed E-state index contributed by atoms with van der Waals surface area (Å²) in [5, 5.41) is 0.593. The molecule has 0 saturated heterocycles. The van der Waals surface area contributed by atoms with E-state index in [1.807, 2.05) is 11.5 Å². The average Bonchev–Trinajstić information content (AvgIpc) is 3.05. The molecule has 0 bridgehead atoms. The Kier molecular flexibility index (Phi) is 5.27. The standard InChI is InChI=1S/C21H18F3NO3/c1-3-25-12-17(19(26)20(27)28-4-2)16-10-7-14(11-18(16)25)13-5-8-15(9-6-13)21(22,23)24/h5-12H,3-4H2,1-2H3. The molecular formula is C21H18F3NO3. The Bertz CT molecular complexity index is 1030. The number of nitrogens with zero attached hydrogens (tertiary/aromatic N) is 1. The number of esters is 1. The van der Waals surface area contributed by atoms with E-state index in [0.29, 0.717) is 28.6 Å². The SMILES string of the molecule is CCOC(=O)C(=O)c1cn(CC)c2cc(-c3ccc(C(F)(F)F)cc3)ccc12. The van der Waals surface area contributed by atoms with Gasteiger partial charge in [-0.15, -0.1) is 0 Å². The number of hydrogen-bond donors (Lipinski definition) is 0. The van der Waals surface area contributed by atoms with Crippen LogP contribution in [0.2, 0.25) is 0 Å². The molecule has 0 N–H and O–H groups in total. The van der Waals surface area contributed by atoms with Crippen molar-refractivity contribution in [2.75, 3.05) is 6.61 Å². The summed E-state index contributed by atoms with van der Waals surface area (Å²) in [5.41, 5.74) is 1.58. The molecule has 2 aromatic carbocycles. The third-order valence-corrected chi connectivity index (χ3v) is 4.47. The number of hydrogen-bond acceptors (Lipinski definition) is 3. The first-order valence-electron chi connectivity index (χ1n) is 8.78. The van der Waals surface area contributed by atoms with Crippen LogP contribution in [0.25, 0.3) is 22.0 Å². The molecule has 0 radical (unpaired) electrons. The molecule has 3 rings (SSSR count). The van der Waals surface area contributed by atoms with Crippen LogP contribution in [0.5, 0.6) is 0 Å². The van der Waals surface area contributed by atoms with Gasteiger partial charge in [-0.05, 0) is 43.2 Å². The molecular weight excluding hydrogens is 371 g/mol. The monoisotopic (exact) mass is 389 g/mol. The highest BCUT2D eigenvalue weighted by Gasteiger charge is 2.30. The Morgan fingerprint density at radius 1 is 1.00 bits per heavy atom. The van der Waals surface area contributed by atoms with Crippen LogP contribution in [0.3, 0.4) is 0 Å². The van der Waals surface area contributed by atoms with Crippen LogP contribution in [0.1, 0.15) is 29.8 Å². The van der Waals surface area contributed by atoms with E-state index in [0.717, 1.165) is 12.1 Å². The predicted molar refractivity (Wildman–Crippen MR) is 99.0 cm³/mol. The van der Waals surface area contributed by atoms with Gasteiger partial charge < -0.3 is 9.30 Å².